The second kappa shape index (κ2) is 11.7. The molecule has 0 fully saturated rings. The molecule has 1 N–H and O–H groups in total. The van der Waals surface area contributed by atoms with E-state index in [0.29, 0.717) is 18.2 Å². The molecule has 1 amide bonds. The molecule has 0 saturated carbocycles. The topological polar surface area (TPSA) is 103 Å². The zero-order valence-electron chi connectivity index (χ0n) is 16.3. The molecule has 29 heavy (non-hydrogen) atoms. The van der Waals surface area contributed by atoms with Crippen LogP contribution in [0.25, 0.3) is 0 Å². The molecule has 0 bridgehead atoms. The van der Waals surface area contributed by atoms with E-state index in [2.05, 4.69) is 15.5 Å². The lowest BCUT2D eigenvalue weighted by molar-refractivity contribution is -0.147. The maximum absolute atomic E-state index is 11.8. The lowest BCUT2D eigenvalue weighted by atomic mass is 10.3. The average molecular weight is 423 g/mol. The van der Waals surface area contributed by atoms with Gasteiger partial charge in [-0.1, -0.05) is 11.6 Å². The van der Waals surface area contributed by atoms with Crippen molar-refractivity contribution in [1.82, 2.24) is 15.5 Å². The van der Waals surface area contributed by atoms with Gasteiger partial charge in [0.2, 0.25) is 0 Å². The highest BCUT2D eigenvalue weighted by atomic mass is 35.5. The van der Waals surface area contributed by atoms with Gasteiger partial charge in [-0.25, -0.2) is 0 Å². The van der Waals surface area contributed by atoms with Gasteiger partial charge in [-0.3, -0.25) is 9.59 Å². The van der Waals surface area contributed by atoms with Crippen LogP contribution in [0.1, 0.15) is 6.92 Å². The number of nitrogens with zero attached hydrogens (tertiary/aromatic N) is 3. The van der Waals surface area contributed by atoms with E-state index in [-0.39, 0.29) is 31.5 Å². The maximum Gasteiger partial charge on any atom is 0.326 e. The lowest BCUT2D eigenvalue weighted by Gasteiger charge is -2.16. The van der Waals surface area contributed by atoms with Crippen LogP contribution in [0.4, 0.5) is 5.82 Å². The molecule has 0 atom stereocenters. The fourth-order valence-corrected chi connectivity index (χ4v) is 2.29. The number of carbonyl (C=O) groups is 2. The van der Waals surface area contributed by atoms with E-state index in [4.69, 9.17) is 25.8 Å². The summed E-state index contributed by atoms with van der Waals surface area (Å²) in [6.45, 7) is 2.63. The summed E-state index contributed by atoms with van der Waals surface area (Å²) in [5.74, 6) is 0.918. The highest BCUT2D eigenvalue weighted by Gasteiger charge is 2.12. The first-order chi connectivity index (χ1) is 14.0. The largest absolute Gasteiger partial charge is 0.494 e. The number of hydrogen-bond donors (Lipinski definition) is 1. The van der Waals surface area contributed by atoms with Crippen molar-refractivity contribution in [1.29, 1.82) is 0 Å². The molecule has 156 valence electrons. The summed E-state index contributed by atoms with van der Waals surface area (Å²) in [6, 6.07) is 10.4. The SMILES string of the molecule is CCOc1ccc(OCCNC(=O)COC(=O)CN(C)c2ccc(Cl)nn2)cc1. The Morgan fingerprint density at radius 3 is 2.38 bits per heavy atom. The van der Waals surface area contributed by atoms with Gasteiger partial charge in [0.25, 0.3) is 5.91 Å². The smallest absolute Gasteiger partial charge is 0.326 e. The third-order valence-electron chi connectivity index (χ3n) is 3.57. The Hall–Kier alpha value is -3.07. The third-order valence-corrected chi connectivity index (χ3v) is 3.77. The van der Waals surface area contributed by atoms with Crippen LogP contribution in [-0.2, 0) is 14.3 Å². The first-order valence-electron chi connectivity index (χ1n) is 8.96. The first-order valence-corrected chi connectivity index (χ1v) is 9.34. The monoisotopic (exact) mass is 422 g/mol. The van der Waals surface area contributed by atoms with Crippen molar-refractivity contribution in [3.05, 3.63) is 41.6 Å². The number of likely N-dealkylation sites (N-methyl/N-ethyl adjacent to an activating group) is 1. The van der Waals surface area contributed by atoms with Crippen LogP contribution >= 0.6 is 11.6 Å². The van der Waals surface area contributed by atoms with Crippen LogP contribution < -0.4 is 19.7 Å². The molecule has 2 aromatic rings. The standard InChI is InChI=1S/C19H23ClN4O5/c1-3-27-14-4-6-15(7-5-14)28-11-10-21-18(25)13-29-19(26)12-24(2)17-9-8-16(20)22-23-17/h4-9H,3,10-13H2,1-2H3,(H,21,25). The summed E-state index contributed by atoms with van der Waals surface area (Å²) < 4.78 is 15.8. The number of ether oxygens (including phenoxy) is 3. The summed E-state index contributed by atoms with van der Waals surface area (Å²) in [4.78, 5) is 25.1. The van der Waals surface area contributed by atoms with E-state index in [9.17, 15) is 9.59 Å². The molecule has 0 unspecified atom stereocenters. The molecule has 1 aromatic carbocycles. The lowest BCUT2D eigenvalue weighted by Crippen LogP contribution is -2.34. The Kier molecular flexibility index (Phi) is 8.97. The molecule has 1 aromatic heterocycles. The van der Waals surface area contributed by atoms with Gasteiger partial charge in [-0.15, -0.1) is 10.2 Å². The van der Waals surface area contributed by atoms with Crippen molar-refractivity contribution in [2.45, 2.75) is 6.92 Å². The number of aromatic nitrogens is 2. The highest BCUT2D eigenvalue weighted by molar-refractivity contribution is 6.29. The Morgan fingerprint density at radius 1 is 1.07 bits per heavy atom. The van der Waals surface area contributed by atoms with Gasteiger partial charge in [-0.2, -0.15) is 0 Å². The van der Waals surface area contributed by atoms with Gasteiger partial charge in [-0.05, 0) is 43.3 Å². The van der Waals surface area contributed by atoms with Crippen molar-refractivity contribution in [3.63, 3.8) is 0 Å². The molecule has 2 rings (SSSR count). The molecule has 0 radical (unpaired) electrons. The quantitative estimate of drug-likeness (QED) is 0.431. The summed E-state index contributed by atoms with van der Waals surface area (Å²) in [6.07, 6.45) is 0. The van der Waals surface area contributed by atoms with Crippen LogP contribution in [0, 0.1) is 0 Å². The highest BCUT2D eigenvalue weighted by Crippen LogP contribution is 2.17. The molecular formula is C19H23ClN4O5. The maximum atomic E-state index is 11.8. The van der Waals surface area contributed by atoms with E-state index < -0.39 is 11.9 Å². The van der Waals surface area contributed by atoms with E-state index in [0.717, 1.165) is 5.75 Å². The van der Waals surface area contributed by atoms with Crippen LogP contribution in [0.2, 0.25) is 5.15 Å². The van der Waals surface area contributed by atoms with Crippen molar-refractivity contribution >= 4 is 29.3 Å². The van der Waals surface area contributed by atoms with Crippen LogP contribution in [0.5, 0.6) is 11.5 Å². The normalized spacial score (nSPS) is 10.2. The second-order valence-electron chi connectivity index (χ2n) is 5.83. The molecule has 10 heteroatoms. The second-order valence-corrected chi connectivity index (χ2v) is 6.22. The Balaban J connectivity index is 1.60. The number of anilines is 1. The minimum Gasteiger partial charge on any atom is -0.494 e. The number of nitrogens with one attached hydrogen (secondary N) is 1. The predicted molar refractivity (Wildman–Crippen MR) is 107 cm³/mol. The molecule has 0 aliphatic carbocycles. The van der Waals surface area contributed by atoms with Gasteiger partial charge < -0.3 is 24.4 Å². The fraction of sp³-hybridized carbons (Fsp3) is 0.368. The fourth-order valence-electron chi connectivity index (χ4n) is 2.19. The average Bonchev–Trinajstić information content (AvgIpc) is 2.71. The van der Waals surface area contributed by atoms with E-state index >= 15 is 0 Å². The van der Waals surface area contributed by atoms with Crippen LogP contribution in [-0.4, -0.2) is 62.0 Å². The van der Waals surface area contributed by atoms with Crippen LogP contribution in [0.3, 0.4) is 0 Å². The zero-order valence-corrected chi connectivity index (χ0v) is 17.0. The number of amides is 1. The van der Waals surface area contributed by atoms with Gasteiger partial charge in [0.05, 0.1) is 13.2 Å². The number of halogens is 1. The number of hydrogen-bond acceptors (Lipinski definition) is 8. The minimum atomic E-state index is -0.565. The van der Waals surface area contributed by atoms with Crippen molar-refractivity contribution < 1.29 is 23.8 Å². The number of rotatable bonds is 11. The Labute approximate surface area is 173 Å². The van der Waals surface area contributed by atoms with E-state index in [1.165, 1.54) is 4.90 Å². The van der Waals surface area contributed by atoms with Gasteiger partial charge in [0, 0.05) is 7.05 Å². The summed E-state index contributed by atoms with van der Waals surface area (Å²) in [5.41, 5.74) is 0. The molecule has 1 heterocycles. The van der Waals surface area contributed by atoms with Crippen molar-refractivity contribution in [2.75, 3.05) is 44.9 Å². The number of carbonyl (C=O) groups excluding carboxylic acids is 2. The van der Waals surface area contributed by atoms with Crippen molar-refractivity contribution in [3.8, 4) is 11.5 Å². The molecule has 0 saturated heterocycles. The van der Waals surface area contributed by atoms with Crippen LogP contribution in [0.15, 0.2) is 36.4 Å². The summed E-state index contributed by atoms with van der Waals surface area (Å²) in [7, 11) is 1.65. The molecular weight excluding hydrogens is 400 g/mol. The Morgan fingerprint density at radius 2 is 1.76 bits per heavy atom. The predicted octanol–water partition coefficient (Wildman–Crippen LogP) is 1.70. The van der Waals surface area contributed by atoms with Crippen molar-refractivity contribution in [2.24, 2.45) is 0 Å². The minimum absolute atomic E-state index is 0.0789. The third kappa shape index (κ3) is 8.22. The van der Waals surface area contributed by atoms with Gasteiger partial charge in [0.1, 0.15) is 24.7 Å². The summed E-state index contributed by atoms with van der Waals surface area (Å²) in [5, 5.41) is 10.4. The molecule has 9 nitrogen and oxygen atoms in total. The number of esters is 1. The van der Waals surface area contributed by atoms with Gasteiger partial charge >= 0.3 is 5.97 Å². The van der Waals surface area contributed by atoms with Gasteiger partial charge in [0.15, 0.2) is 17.6 Å². The molecule has 0 spiro atoms. The van der Waals surface area contributed by atoms with E-state index in [1.807, 2.05) is 19.1 Å². The molecule has 0 aliphatic rings. The van der Waals surface area contributed by atoms with E-state index in [1.54, 1.807) is 31.3 Å². The molecule has 0 aliphatic heterocycles. The first kappa shape index (κ1) is 22.2. The Bertz CT molecular complexity index is 786. The number of benzene rings is 1. The summed E-state index contributed by atoms with van der Waals surface area (Å²) >= 11 is 5.67. The zero-order chi connectivity index (χ0) is 21.1.